The highest BCUT2D eigenvalue weighted by Gasteiger charge is 2.15. The second-order valence-electron chi connectivity index (χ2n) is 5.16. The van der Waals surface area contributed by atoms with Crippen LogP contribution in [-0.2, 0) is 0 Å². The Morgan fingerprint density at radius 3 is 2.58 bits per heavy atom. The van der Waals surface area contributed by atoms with E-state index >= 15 is 0 Å². The summed E-state index contributed by atoms with van der Waals surface area (Å²) in [5.41, 5.74) is -0.0283. The summed E-state index contributed by atoms with van der Waals surface area (Å²) in [4.78, 5) is 16.9. The van der Waals surface area contributed by atoms with Gasteiger partial charge in [-0.25, -0.2) is 9.78 Å². The molecule has 0 saturated heterocycles. The van der Waals surface area contributed by atoms with Gasteiger partial charge in [0, 0.05) is 14.3 Å². The van der Waals surface area contributed by atoms with Crippen molar-refractivity contribution in [1.29, 1.82) is 0 Å². The summed E-state index contributed by atoms with van der Waals surface area (Å²) in [6.07, 6.45) is 1.40. The summed E-state index contributed by atoms with van der Waals surface area (Å²) in [5, 5.41) is 9.41. The first-order valence-electron chi connectivity index (χ1n) is 7.54. The Bertz CT molecular complexity index is 948. The van der Waals surface area contributed by atoms with Crippen LogP contribution in [0.15, 0.2) is 75.1 Å². The first-order valence-corrected chi connectivity index (χ1v) is 9.15. The third kappa shape index (κ3) is 4.56. The molecule has 0 fully saturated rings. The van der Waals surface area contributed by atoms with E-state index in [1.54, 1.807) is 13.2 Å². The lowest BCUT2D eigenvalue weighted by molar-refractivity contribution is 0.0686. The van der Waals surface area contributed by atoms with Crippen molar-refractivity contribution in [2.24, 2.45) is 0 Å². The van der Waals surface area contributed by atoms with E-state index in [1.807, 2.05) is 48.5 Å². The van der Waals surface area contributed by atoms with Crippen molar-refractivity contribution >= 4 is 33.7 Å². The van der Waals surface area contributed by atoms with E-state index in [0.717, 1.165) is 9.37 Å². The van der Waals surface area contributed by atoms with E-state index in [1.165, 1.54) is 18.0 Å². The first-order chi connectivity index (χ1) is 12.5. The number of carbonyl (C=O) groups is 1. The number of pyridine rings is 1. The predicted molar refractivity (Wildman–Crippen MR) is 103 cm³/mol. The number of ether oxygens (including phenoxy) is 2. The van der Waals surface area contributed by atoms with E-state index in [-0.39, 0.29) is 5.69 Å². The maximum atomic E-state index is 11.5. The number of carboxylic acids is 1. The molecule has 0 aliphatic rings. The second-order valence-corrected chi connectivity index (χ2v) is 7.19. The number of rotatable bonds is 6. The minimum Gasteiger partial charge on any atom is -0.497 e. The normalized spacial score (nSPS) is 10.4. The van der Waals surface area contributed by atoms with Crippen molar-refractivity contribution < 1.29 is 19.4 Å². The largest absolute Gasteiger partial charge is 0.497 e. The standard InChI is InChI=1S/C19H14BrNO4S/c1-24-13-5-3-7-16(9-13)26-17-10-15(11-21-18(17)19(22)23)25-14-6-2-4-12(20)8-14/h2-11H,1H3,(H,22,23). The average Bonchev–Trinajstić information content (AvgIpc) is 2.62. The van der Waals surface area contributed by atoms with Crippen LogP contribution in [0.2, 0.25) is 0 Å². The van der Waals surface area contributed by atoms with Crippen LogP contribution in [-0.4, -0.2) is 23.2 Å². The SMILES string of the molecule is COc1cccc(Sc2cc(Oc3cccc(Br)c3)cnc2C(=O)O)c1. The molecule has 1 N–H and O–H groups in total. The van der Waals surface area contributed by atoms with Gasteiger partial charge >= 0.3 is 5.97 Å². The molecule has 0 aliphatic carbocycles. The molecule has 0 radical (unpaired) electrons. The smallest absolute Gasteiger partial charge is 0.355 e. The zero-order valence-electron chi connectivity index (χ0n) is 13.7. The highest BCUT2D eigenvalue weighted by molar-refractivity contribution is 9.10. The number of hydrogen-bond acceptors (Lipinski definition) is 5. The molecule has 0 bridgehead atoms. The topological polar surface area (TPSA) is 68.7 Å². The van der Waals surface area contributed by atoms with Crippen LogP contribution >= 0.6 is 27.7 Å². The van der Waals surface area contributed by atoms with Crippen LogP contribution in [0.4, 0.5) is 0 Å². The molecule has 132 valence electrons. The summed E-state index contributed by atoms with van der Waals surface area (Å²) in [7, 11) is 1.58. The molecule has 3 rings (SSSR count). The second kappa shape index (κ2) is 8.25. The van der Waals surface area contributed by atoms with E-state index in [2.05, 4.69) is 20.9 Å². The average molecular weight is 432 g/mol. The Morgan fingerprint density at radius 2 is 1.85 bits per heavy atom. The molecule has 2 aromatic carbocycles. The molecule has 7 heteroatoms. The Balaban J connectivity index is 1.92. The van der Waals surface area contributed by atoms with Crippen molar-refractivity contribution in [1.82, 2.24) is 4.98 Å². The fourth-order valence-corrected chi connectivity index (χ4v) is 3.54. The van der Waals surface area contributed by atoms with Crippen molar-refractivity contribution in [2.45, 2.75) is 9.79 Å². The number of methoxy groups -OCH3 is 1. The van der Waals surface area contributed by atoms with Gasteiger partial charge in [-0.3, -0.25) is 0 Å². The van der Waals surface area contributed by atoms with Crippen LogP contribution in [0.25, 0.3) is 0 Å². The molecule has 0 amide bonds. The summed E-state index contributed by atoms with van der Waals surface area (Å²) in [6.45, 7) is 0. The van der Waals surface area contributed by atoms with Gasteiger partial charge in [-0.2, -0.15) is 0 Å². The molecule has 1 heterocycles. The zero-order valence-corrected chi connectivity index (χ0v) is 16.1. The van der Waals surface area contributed by atoms with Gasteiger partial charge in [-0.1, -0.05) is 39.8 Å². The predicted octanol–water partition coefficient (Wildman–Crippen LogP) is 5.49. The van der Waals surface area contributed by atoms with E-state index in [0.29, 0.717) is 22.1 Å². The minimum absolute atomic E-state index is 0.0283. The van der Waals surface area contributed by atoms with Gasteiger partial charge in [0.15, 0.2) is 5.69 Å². The number of hydrogen-bond donors (Lipinski definition) is 1. The van der Waals surface area contributed by atoms with Gasteiger partial charge in [-0.15, -0.1) is 0 Å². The Kier molecular flexibility index (Phi) is 5.80. The van der Waals surface area contributed by atoms with Crippen LogP contribution in [0.1, 0.15) is 10.5 Å². The van der Waals surface area contributed by atoms with Gasteiger partial charge in [0.05, 0.1) is 13.3 Å². The van der Waals surface area contributed by atoms with Gasteiger partial charge < -0.3 is 14.6 Å². The lowest BCUT2D eigenvalue weighted by atomic mass is 10.3. The van der Waals surface area contributed by atoms with Gasteiger partial charge in [-0.05, 0) is 42.5 Å². The fraction of sp³-hybridized carbons (Fsp3) is 0.0526. The number of carboxylic acid groups (broad SMARTS) is 1. The van der Waals surface area contributed by atoms with E-state index in [9.17, 15) is 9.90 Å². The fourth-order valence-electron chi connectivity index (χ4n) is 2.18. The first kappa shape index (κ1) is 18.3. The molecule has 0 unspecified atom stereocenters. The van der Waals surface area contributed by atoms with Crippen LogP contribution in [0.3, 0.4) is 0 Å². The van der Waals surface area contributed by atoms with Crippen LogP contribution in [0.5, 0.6) is 17.2 Å². The molecule has 0 saturated carbocycles. The van der Waals surface area contributed by atoms with Gasteiger partial charge in [0.1, 0.15) is 17.2 Å². The van der Waals surface area contributed by atoms with E-state index in [4.69, 9.17) is 9.47 Å². The molecule has 5 nitrogen and oxygen atoms in total. The Labute approximate surface area is 163 Å². The number of benzene rings is 2. The van der Waals surface area contributed by atoms with Gasteiger partial charge in [0.25, 0.3) is 0 Å². The lowest BCUT2D eigenvalue weighted by Gasteiger charge is -2.10. The highest BCUT2D eigenvalue weighted by Crippen LogP contribution is 2.35. The molecule has 26 heavy (non-hydrogen) atoms. The maximum Gasteiger partial charge on any atom is 0.355 e. The molecule has 3 aromatic rings. The summed E-state index contributed by atoms with van der Waals surface area (Å²) in [5.74, 6) is 0.686. The maximum absolute atomic E-state index is 11.5. The number of nitrogens with zero attached hydrogens (tertiary/aromatic N) is 1. The van der Waals surface area contributed by atoms with Crippen molar-refractivity contribution in [3.05, 3.63) is 71.0 Å². The third-order valence-electron chi connectivity index (χ3n) is 3.33. The van der Waals surface area contributed by atoms with E-state index < -0.39 is 5.97 Å². The van der Waals surface area contributed by atoms with Crippen molar-refractivity contribution in [3.8, 4) is 17.2 Å². The highest BCUT2D eigenvalue weighted by atomic mass is 79.9. The molecule has 0 atom stereocenters. The van der Waals surface area contributed by atoms with Gasteiger partial charge in [0.2, 0.25) is 0 Å². The van der Waals surface area contributed by atoms with Crippen molar-refractivity contribution in [3.63, 3.8) is 0 Å². The molecule has 0 aliphatic heterocycles. The van der Waals surface area contributed by atoms with Crippen molar-refractivity contribution in [2.75, 3.05) is 7.11 Å². The van der Waals surface area contributed by atoms with Crippen LogP contribution in [0, 0.1) is 0 Å². The van der Waals surface area contributed by atoms with Crippen LogP contribution < -0.4 is 9.47 Å². The monoisotopic (exact) mass is 431 g/mol. The summed E-state index contributed by atoms with van der Waals surface area (Å²) < 4.78 is 11.9. The quantitative estimate of drug-likeness (QED) is 0.555. The number of aromatic nitrogens is 1. The third-order valence-corrected chi connectivity index (χ3v) is 4.85. The number of halogens is 1. The molecular formula is C19H14BrNO4S. The summed E-state index contributed by atoms with van der Waals surface area (Å²) >= 11 is 4.68. The number of aromatic carboxylic acids is 1. The Hall–Kier alpha value is -2.51. The zero-order chi connectivity index (χ0) is 18.5. The Morgan fingerprint density at radius 1 is 1.08 bits per heavy atom. The summed E-state index contributed by atoms with van der Waals surface area (Å²) in [6, 6.07) is 16.4. The molecule has 1 aromatic heterocycles. The molecular weight excluding hydrogens is 418 g/mol. The molecule has 0 spiro atoms. The minimum atomic E-state index is -1.09. The lowest BCUT2D eigenvalue weighted by Crippen LogP contribution is -2.03.